The molecule has 4 aromatic carbocycles. The van der Waals surface area contributed by atoms with Crippen LogP contribution in [-0.2, 0) is 19.4 Å². The number of urea groups is 1. The second-order valence-electron chi connectivity index (χ2n) is 13.0. The van der Waals surface area contributed by atoms with Gasteiger partial charge in [0.25, 0.3) is 5.69 Å². The van der Waals surface area contributed by atoms with Crippen LogP contribution in [0.15, 0.2) is 91.0 Å². The fourth-order valence-electron chi connectivity index (χ4n) is 7.13. The van der Waals surface area contributed by atoms with E-state index in [1.807, 2.05) is 24.0 Å². The van der Waals surface area contributed by atoms with Crippen molar-refractivity contribution in [3.63, 3.8) is 0 Å². The molecule has 8 nitrogen and oxygen atoms in total. The number of carbonyl (C=O) groups is 1. The maximum atomic E-state index is 12.5. The van der Waals surface area contributed by atoms with Gasteiger partial charge in [-0.15, -0.1) is 0 Å². The SMILES string of the molecule is CCN1C(=O)NCC1c1ccc2[nH]c(-c3cc(C)cc(C)c3)c(CCN(CCCCc3ccc([N+](=O)[O-])cc3)Cc3ccccc3)c2c1. The molecule has 2 amide bonds. The number of hydrogen-bond acceptors (Lipinski definition) is 4. The second kappa shape index (κ2) is 14.9. The molecule has 2 heterocycles. The molecule has 1 unspecified atom stereocenters. The maximum Gasteiger partial charge on any atom is 0.318 e. The lowest BCUT2D eigenvalue weighted by atomic mass is 9.97. The molecule has 1 aromatic heterocycles. The van der Waals surface area contributed by atoms with Crippen LogP contribution in [0.1, 0.15) is 59.2 Å². The number of fused-ring (bicyclic) bond motifs is 1. The second-order valence-corrected chi connectivity index (χ2v) is 13.0. The van der Waals surface area contributed by atoms with E-state index in [2.05, 4.69) is 95.8 Å². The smallest absolute Gasteiger partial charge is 0.318 e. The Bertz CT molecular complexity index is 1860. The van der Waals surface area contributed by atoms with Gasteiger partial charge in [0.15, 0.2) is 0 Å². The fourth-order valence-corrected chi connectivity index (χ4v) is 7.13. The van der Waals surface area contributed by atoms with E-state index in [-0.39, 0.29) is 22.7 Å². The van der Waals surface area contributed by atoms with E-state index < -0.39 is 0 Å². The number of benzene rings is 4. The summed E-state index contributed by atoms with van der Waals surface area (Å²) in [7, 11) is 0. The highest BCUT2D eigenvalue weighted by Gasteiger charge is 2.31. The van der Waals surface area contributed by atoms with Gasteiger partial charge in [0.2, 0.25) is 0 Å². The molecule has 48 heavy (non-hydrogen) atoms. The van der Waals surface area contributed by atoms with Crippen molar-refractivity contribution < 1.29 is 9.72 Å². The van der Waals surface area contributed by atoms with Gasteiger partial charge in [-0.05, 0) is 105 Å². The van der Waals surface area contributed by atoms with Gasteiger partial charge in [-0.3, -0.25) is 15.0 Å². The monoisotopic (exact) mass is 643 g/mol. The molecule has 1 aliphatic heterocycles. The number of nitro benzene ring substituents is 1. The molecule has 248 valence electrons. The number of rotatable bonds is 14. The number of carbonyl (C=O) groups excluding carboxylic acids is 1. The van der Waals surface area contributed by atoms with Gasteiger partial charge in [0, 0.05) is 54.9 Å². The van der Waals surface area contributed by atoms with Gasteiger partial charge in [0.1, 0.15) is 0 Å². The minimum absolute atomic E-state index is 0.00190. The van der Waals surface area contributed by atoms with Crippen molar-refractivity contribution in [2.24, 2.45) is 0 Å². The summed E-state index contributed by atoms with van der Waals surface area (Å²) in [5.41, 5.74) is 11.0. The van der Waals surface area contributed by atoms with Crippen LogP contribution < -0.4 is 5.32 Å². The Morgan fingerprint density at radius 3 is 2.33 bits per heavy atom. The molecule has 0 bridgehead atoms. The summed E-state index contributed by atoms with van der Waals surface area (Å²) < 4.78 is 0. The highest BCUT2D eigenvalue weighted by atomic mass is 16.6. The number of nitrogens with zero attached hydrogens (tertiary/aromatic N) is 3. The summed E-state index contributed by atoms with van der Waals surface area (Å²) in [5.74, 6) is 0. The van der Waals surface area contributed by atoms with Crippen LogP contribution in [0.5, 0.6) is 0 Å². The van der Waals surface area contributed by atoms with Crippen molar-refractivity contribution in [2.75, 3.05) is 26.2 Å². The molecule has 2 N–H and O–H groups in total. The number of non-ortho nitro benzene ring substituents is 1. The third-order valence-corrected chi connectivity index (χ3v) is 9.51. The van der Waals surface area contributed by atoms with Crippen molar-refractivity contribution in [3.05, 3.63) is 134 Å². The van der Waals surface area contributed by atoms with Gasteiger partial charge in [0.05, 0.1) is 11.0 Å². The number of hydrogen-bond donors (Lipinski definition) is 2. The predicted molar refractivity (Wildman–Crippen MR) is 193 cm³/mol. The number of nitro groups is 1. The Labute approximate surface area is 282 Å². The van der Waals surface area contributed by atoms with E-state index >= 15 is 0 Å². The number of amides is 2. The lowest BCUT2D eigenvalue weighted by molar-refractivity contribution is -0.384. The third-order valence-electron chi connectivity index (χ3n) is 9.51. The Morgan fingerprint density at radius 2 is 1.62 bits per heavy atom. The van der Waals surface area contributed by atoms with E-state index in [0.29, 0.717) is 13.1 Å². The number of aryl methyl sites for hydroxylation is 3. The Morgan fingerprint density at radius 1 is 0.875 bits per heavy atom. The van der Waals surface area contributed by atoms with Gasteiger partial charge >= 0.3 is 6.03 Å². The number of H-pyrrole nitrogens is 1. The molecule has 1 aliphatic rings. The van der Waals surface area contributed by atoms with Gasteiger partial charge in [-0.1, -0.05) is 65.7 Å². The molecular formula is C40H45N5O3. The topological polar surface area (TPSA) is 94.5 Å². The fraction of sp³-hybridized carbons (Fsp3) is 0.325. The third kappa shape index (κ3) is 7.60. The van der Waals surface area contributed by atoms with Crippen LogP contribution in [0.25, 0.3) is 22.2 Å². The summed E-state index contributed by atoms with van der Waals surface area (Å²) in [6.45, 7) is 10.3. The number of likely N-dealkylation sites (N-methyl/N-ethyl adjacent to an activating group) is 1. The van der Waals surface area contributed by atoms with Crippen LogP contribution in [-0.4, -0.2) is 51.9 Å². The molecule has 0 spiro atoms. The van der Waals surface area contributed by atoms with E-state index in [9.17, 15) is 14.9 Å². The first-order chi connectivity index (χ1) is 23.3. The van der Waals surface area contributed by atoms with Crippen LogP contribution in [0.4, 0.5) is 10.5 Å². The maximum absolute atomic E-state index is 12.5. The van der Waals surface area contributed by atoms with Gasteiger partial charge in [-0.2, -0.15) is 0 Å². The van der Waals surface area contributed by atoms with Crippen molar-refractivity contribution in [3.8, 4) is 11.3 Å². The lowest BCUT2D eigenvalue weighted by Gasteiger charge is -2.23. The first kappa shape index (κ1) is 33.0. The number of aromatic nitrogens is 1. The Balaban J connectivity index is 1.26. The zero-order chi connectivity index (χ0) is 33.6. The highest BCUT2D eigenvalue weighted by molar-refractivity contribution is 5.92. The standard InChI is InChI=1S/C40H45N5O3/c1-4-44-38(26-41-40(44)46)32-15-18-37-36(25-32)35(39(42-37)33-23-28(2)22-29(3)24-33)19-21-43(27-31-11-6-5-7-12-31)20-9-8-10-30-13-16-34(17-14-30)45(47)48/h5-7,11-18,22-25,38,42H,4,8-10,19-21,26-27H2,1-3H3,(H,41,46). The first-order valence-electron chi connectivity index (χ1n) is 17.1. The van der Waals surface area contributed by atoms with E-state index in [0.717, 1.165) is 62.0 Å². The molecule has 1 atom stereocenters. The van der Waals surface area contributed by atoms with Gasteiger partial charge in [-0.25, -0.2) is 4.79 Å². The van der Waals surface area contributed by atoms with Gasteiger partial charge < -0.3 is 15.2 Å². The first-order valence-corrected chi connectivity index (χ1v) is 17.1. The number of unbranched alkanes of at least 4 members (excludes halogenated alkanes) is 1. The molecule has 0 aliphatic carbocycles. The molecule has 0 radical (unpaired) electrons. The highest BCUT2D eigenvalue weighted by Crippen LogP contribution is 2.35. The Hall–Kier alpha value is -4.95. The van der Waals surface area contributed by atoms with E-state index in [4.69, 9.17) is 0 Å². The van der Waals surface area contributed by atoms with Crippen molar-refractivity contribution in [2.45, 2.75) is 59.0 Å². The minimum atomic E-state index is -0.349. The predicted octanol–water partition coefficient (Wildman–Crippen LogP) is 8.51. The molecule has 6 rings (SSSR count). The molecular weight excluding hydrogens is 598 g/mol. The Kier molecular flexibility index (Phi) is 10.2. The molecule has 1 saturated heterocycles. The van der Waals surface area contributed by atoms with E-state index in [1.54, 1.807) is 12.1 Å². The summed E-state index contributed by atoms with van der Waals surface area (Å²) >= 11 is 0. The molecule has 0 saturated carbocycles. The zero-order valence-electron chi connectivity index (χ0n) is 28.2. The van der Waals surface area contributed by atoms with Crippen molar-refractivity contribution in [1.29, 1.82) is 0 Å². The van der Waals surface area contributed by atoms with Crippen LogP contribution in [0, 0.1) is 24.0 Å². The van der Waals surface area contributed by atoms with Crippen molar-refractivity contribution in [1.82, 2.24) is 20.1 Å². The summed E-state index contributed by atoms with van der Waals surface area (Å²) in [6.07, 6.45) is 3.81. The summed E-state index contributed by atoms with van der Waals surface area (Å²) in [5, 5.41) is 15.3. The molecule has 5 aromatic rings. The lowest BCUT2D eigenvalue weighted by Crippen LogP contribution is -2.29. The number of aromatic amines is 1. The van der Waals surface area contributed by atoms with Crippen LogP contribution in [0.2, 0.25) is 0 Å². The normalized spacial score (nSPS) is 14.6. The average molecular weight is 644 g/mol. The summed E-state index contributed by atoms with van der Waals surface area (Å²) in [4.78, 5) is 31.5. The quantitative estimate of drug-likeness (QED) is 0.0721. The average Bonchev–Trinajstić information content (AvgIpc) is 3.64. The zero-order valence-corrected chi connectivity index (χ0v) is 28.2. The summed E-state index contributed by atoms with van der Waals surface area (Å²) in [6, 6.07) is 31.0. The van der Waals surface area contributed by atoms with E-state index in [1.165, 1.54) is 38.9 Å². The van der Waals surface area contributed by atoms with Crippen LogP contribution >= 0.6 is 0 Å². The van der Waals surface area contributed by atoms with Crippen molar-refractivity contribution >= 4 is 22.6 Å². The number of nitrogens with one attached hydrogen (secondary N) is 2. The largest absolute Gasteiger partial charge is 0.354 e. The molecule has 1 fully saturated rings. The minimum Gasteiger partial charge on any atom is -0.354 e. The van der Waals surface area contributed by atoms with Crippen LogP contribution in [0.3, 0.4) is 0 Å². The molecule has 8 heteroatoms.